The number of amides is 1. The van der Waals surface area contributed by atoms with E-state index in [1.807, 2.05) is 35.2 Å². The lowest BCUT2D eigenvalue weighted by molar-refractivity contribution is -0.132. The van der Waals surface area contributed by atoms with Crippen molar-refractivity contribution in [3.8, 4) is 5.75 Å². The van der Waals surface area contributed by atoms with Crippen LogP contribution < -0.4 is 10.5 Å². The fourth-order valence-electron chi connectivity index (χ4n) is 2.04. The van der Waals surface area contributed by atoms with E-state index in [-0.39, 0.29) is 5.91 Å². The molecule has 1 aromatic rings. The highest BCUT2D eigenvalue weighted by molar-refractivity contribution is 7.80. The van der Waals surface area contributed by atoms with Gasteiger partial charge in [0.2, 0.25) is 5.91 Å². The fraction of sp³-hybridized carbons (Fsp3) is 0.467. The highest BCUT2D eigenvalue weighted by Gasteiger charge is 2.31. The maximum atomic E-state index is 12.2. The van der Waals surface area contributed by atoms with Gasteiger partial charge in [-0.1, -0.05) is 30.4 Å². The van der Waals surface area contributed by atoms with Crippen molar-refractivity contribution < 1.29 is 9.53 Å². The van der Waals surface area contributed by atoms with Gasteiger partial charge in [-0.25, -0.2) is 0 Å². The summed E-state index contributed by atoms with van der Waals surface area (Å²) >= 11 is 4.87. The molecule has 1 saturated carbocycles. The van der Waals surface area contributed by atoms with Crippen LogP contribution in [0.2, 0.25) is 0 Å². The minimum absolute atomic E-state index is 0.125. The number of carbonyl (C=O) groups excluding carboxylic acids is 1. The predicted octanol–water partition coefficient (Wildman–Crippen LogP) is 2.12. The summed E-state index contributed by atoms with van der Waals surface area (Å²) in [4.78, 5) is 14.5. The molecule has 0 heterocycles. The number of hydrogen-bond donors (Lipinski definition) is 1. The van der Waals surface area contributed by atoms with Crippen LogP contribution in [0, 0.1) is 0 Å². The Kier molecular flexibility index (Phi) is 5.35. The lowest BCUT2D eigenvalue weighted by atomic mass is 10.3. The van der Waals surface area contributed by atoms with Gasteiger partial charge in [0, 0.05) is 19.0 Å². The summed E-state index contributed by atoms with van der Waals surface area (Å²) in [6, 6.07) is 9.91. The van der Waals surface area contributed by atoms with Gasteiger partial charge < -0.3 is 15.4 Å². The first-order valence-electron chi connectivity index (χ1n) is 6.92. The molecule has 1 aromatic carbocycles. The highest BCUT2D eigenvalue weighted by atomic mass is 32.1. The van der Waals surface area contributed by atoms with Crippen LogP contribution in [0.25, 0.3) is 0 Å². The molecular formula is C15H20N2O2S. The van der Waals surface area contributed by atoms with E-state index in [1.54, 1.807) is 0 Å². The van der Waals surface area contributed by atoms with Crippen LogP contribution in [-0.4, -0.2) is 35.0 Å². The summed E-state index contributed by atoms with van der Waals surface area (Å²) in [6.45, 7) is 1.03. The molecule has 0 radical (unpaired) electrons. The SMILES string of the molecule is NC(=S)CCN(C(=O)CCOc1ccccc1)C1CC1. The second-order valence-corrected chi connectivity index (χ2v) is 5.47. The van der Waals surface area contributed by atoms with Gasteiger partial charge in [0.1, 0.15) is 5.75 Å². The third-order valence-corrected chi connectivity index (χ3v) is 3.44. The van der Waals surface area contributed by atoms with E-state index in [0.717, 1.165) is 18.6 Å². The summed E-state index contributed by atoms with van der Waals surface area (Å²) in [5.41, 5.74) is 5.51. The predicted molar refractivity (Wildman–Crippen MR) is 82.7 cm³/mol. The number of hydrogen-bond acceptors (Lipinski definition) is 3. The third-order valence-electron chi connectivity index (χ3n) is 3.23. The van der Waals surface area contributed by atoms with Crippen LogP contribution in [0.5, 0.6) is 5.75 Å². The average Bonchev–Trinajstić information content (AvgIpc) is 3.24. The first-order valence-corrected chi connectivity index (χ1v) is 7.33. The molecule has 1 aliphatic rings. The monoisotopic (exact) mass is 292 g/mol. The number of nitrogens with zero attached hydrogens (tertiary/aromatic N) is 1. The van der Waals surface area contributed by atoms with Crippen molar-refractivity contribution in [1.29, 1.82) is 0 Å². The minimum Gasteiger partial charge on any atom is -0.493 e. The Bertz CT molecular complexity index is 460. The van der Waals surface area contributed by atoms with E-state index in [0.29, 0.717) is 37.0 Å². The smallest absolute Gasteiger partial charge is 0.226 e. The topological polar surface area (TPSA) is 55.6 Å². The van der Waals surface area contributed by atoms with Crippen molar-refractivity contribution in [3.63, 3.8) is 0 Å². The van der Waals surface area contributed by atoms with Gasteiger partial charge >= 0.3 is 0 Å². The molecule has 4 nitrogen and oxygen atoms in total. The Morgan fingerprint density at radius 1 is 1.30 bits per heavy atom. The van der Waals surface area contributed by atoms with Gasteiger partial charge in [0.25, 0.3) is 0 Å². The molecule has 1 amide bonds. The van der Waals surface area contributed by atoms with Crippen LogP contribution in [0.1, 0.15) is 25.7 Å². The lowest BCUT2D eigenvalue weighted by Gasteiger charge is -2.22. The summed E-state index contributed by atoms with van der Waals surface area (Å²) in [6.07, 6.45) is 3.16. The number of carbonyl (C=O) groups is 1. The van der Waals surface area contributed by atoms with Crippen LogP contribution in [0.4, 0.5) is 0 Å². The van der Waals surface area contributed by atoms with Crippen molar-refractivity contribution in [2.45, 2.75) is 31.7 Å². The second kappa shape index (κ2) is 7.24. The summed E-state index contributed by atoms with van der Waals surface area (Å²) in [7, 11) is 0. The largest absolute Gasteiger partial charge is 0.493 e. The van der Waals surface area contributed by atoms with Crippen LogP contribution in [0.3, 0.4) is 0 Å². The summed E-state index contributed by atoms with van der Waals surface area (Å²) in [5.74, 6) is 0.918. The molecular weight excluding hydrogens is 272 g/mol. The number of ether oxygens (including phenoxy) is 1. The van der Waals surface area contributed by atoms with Gasteiger partial charge in [-0.05, 0) is 25.0 Å². The first kappa shape index (κ1) is 14.8. The molecule has 0 bridgehead atoms. The zero-order valence-corrected chi connectivity index (χ0v) is 12.3. The highest BCUT2D eigenvalue weighted by Crippen LogP contribution is 2.27. The van der Waals surface area contributed by atoms with E-state index in [2.05, 4.69) is 0 Å². The molecule has 0 aromatic heterocycles. The number of nitrogens with two attached hydrogens (primary N) is 1. The van der Waals surface area contributed by atoms with Crippen molar-refractivity contribution >= 4 is 23.1 Å². The van der Waals surface area contributed by atoms with Crippen molar-refractivity contribution in [2.24, 2.45) is 5.73 Å². The third kappa shape index (κ3) is 4.81. The molecule has 1 aliphatic carbocycles. The molecule has 0 saturated heterocycles. The maximum Gasteiger partial charge on any atom is 0.226 e. The van der Waals surface area contributed by atoms with E-state index < -0.39 is 0 Å². The minimum atomic E-state index is 0.125. The zero-order valence-electron chi connectivity index (χ0n) is 11.5. The van der Waals surface area contributed by atoms with Gasteiger partial charge in [0.15, 0.2) is 0 Å². The van der Waals surface area contributed by atoms with Crippen LogP contribution in [-0.2, 0) is 4.79 Å². The number of thiocarbonyl (C=S) groups is 1. The second-order valence-electron chi connectivity index (χ2n) is 4.95. The van der Waals surface area contributed by atoms with Crippen molar-refractivity contribution in [1.82, 2.24) is 4.90 Å². The fourth-order valence-corrected chi connectivity index (χ4v) is 2.14. The molecule has 108 valence electrons. The Hall–Kier alpha value is -1.62. The number of benzene rings is 1. The molecule has 0 aliphatic heterocycles. The maximum absolute atomic E-state index is 12.2. The molecule has 2 N–H and O–H groups in total. The molecule has 2 rings (SSSR count). The number of para-hydroxylation sites is 1. The lowest BCUT2D eigenvalue weighted by Crippen LogP contribution is -2.36. The normalized spacial score (nSPS) is 13.8. The molecule has 0 unspecified atom stereocenters. The summed E-state index contributed by atoms with van der Waals surface area (Å²) in [5, 5.41) is 0. The van der Waals surface area contributed by atoms with E-state index >= 15 is 0 Å². The Balaban J connectivity index is 1.75. The van der Waals surface area contributed by atoms with Gasteiger partial charge in [-0.2, -0.15) is 0 Å². The van der Waals surface area contributed by atoms with E-state index in [4.69, 9.17) is 22.7 Å². The Morgan fingerprint density at radius 2 is 2.00 bits per heavy atom. The Morgan fingerprint density at radius 3 is 2.60 bits per heavy atom. The average molecular weight is 292 g/mol. The van der Waals surface area contributed by atoms with Gasteiger partial charge in [-0.3, -0.25) is 4.79 Å². The Labute approximate surface area is 124 Å². The van der Waals surface area contributed by atoms with Gasteiger partial charge in [-0.15, -0.1) is 0 Å². The molecule has 1 fully saturated rings. The quantitative estimate of drug-likeness (QED) is 0.746. The van der Waals surface area contributed by atoms with Crippen molar-refractivity contribution in [3.05, 3.63) is 30.3 Å². The first-order chi connectivity index (χ1) is 9.66. The van der Waals surface area contributed by atoms with Gasteiger partial charge in [0.05, 0.1) is 18.0 Å². The summed E-state index contributed by atoms with van der Waals surface area (Å²) < 4.78 is 5.55. The van der Waals surface area contributed by atoms with Crippen LogP contribution >= 0.6 is 12.2 Å². The standard InChI is InChI=1S/C15H20N2O2S/c16-14(20)8-10-17(12-6-7-12)15(18)9-11-19-13-4-2-1-3-5-13/h1-5,12H,6-11H2,(H2,16,20). The molecule has 20 heavy (non-hydrogen) atoms. The molecule has 0 atom stereocenters. The van der Waals surface area contributed by atoms with Crippen molar-refractivity contribution in [2.75, 3.05) is 13.2 Å². The molecule has 5 heteroatoms. The zero-order chi connectivity index (χ0) is 14.4. The molecule has 0 spiro atoms. The van der Waals surface area contributed by atoms with Crippen LogP contribution in [0.15, 0.2) is 30.3 Å². The van der Waals surface area contributed by atoms with E-state index in [9.17, 15) is 4.79 Å². The number of rotatable bonds is 8. The van der Waals surface area contributed by atoms with E-state index in [1.165, 1.54) is 0 Å².